The minimum atomic E-state index is -0.156. The Morgan fingerprint density at radius 2 is 2.32 bits per heavy atom. The monoisotopic (exact) mass is 293 g/mol. The highest BCUT2D eigenvalue weighted by atomic mass is 35.5. The van der Waals surface area contributed by atoms with Gasteiger partial charge in [0.15, 0.2) is 0 Å². The van der Waals surface area contributed by atoms with Crippen LogP contribution in [0.4, 0.5) is 5.69 Å². The Kier molecular flexibility index (Phi) is 3.40. The van der Waals surface area contributed by atoms with E-state index in [4.69, 9.17) is 11.6 Å². The van der Waals surface area contributed by atoms with Crippen LogP contribution in [0.15, 0.2) is 29.6 Å². The molecule has 1 amide bonds. The van der Waals surface area contributed by atoms with Crippen molar-refractivity contribution in [1.82, 2.24) is 9.69 Å². The van der Waals surface area contributed by atoms with E-state index in [-0.39, 0.29) is 11.9 Å². The highest BCUT2D eigenvalue weighted by Crippen LogP contribution is 2.30. The van der Waals surface area contributed by atoms with E-state index in [9.17, 15) is 4.79 Å². The summed E-state index contributed by atoms with van der Waals surface area (Å²) in [5.41, 5.74) is 2.43. The first-order valence-electron chi connectivity index (χ1n) is 5.99. The standard InChI is InChI=1S/C13H12ClN3OS/c14-9-4-2-1-3-8(9)13(18)16-10-5-6-15-11-7-19-17-12(10)11/h1-4,7,10,15H,5-6H2,(H,16,18). The molecule has 1 aliphatic rings. The van der Waals surface area contributed by atoms with Crippen molar-refractivity contribution in [3.63, 3.8) is 0 Å². The summed E-state index contributed by atoms with van der Waals surface area (Å²) in [6.07, 6.45) is 0.826. The van der Waals surface area contributed by atoms with Crippen LogP contribution >= 0.6 is 23.1 Å². The van der Waals surface area contributed by atoms with E-state index in [1.165, 1.54) is 11.5 Å². The zero-order chi connectivity index (χ0) is 13.2. The quantitative estimate of drug-likeness (QED) is 0.895. The average Bonchev–Trinajstić information content (AvgIpc) is 2.88. The Bertz CT molecular complexity index is 613. The number of fused-ring (bicyclic) bond motifs is 1. The van der Waals surface area contributed by atoms with Gasteiger partial charge in [0.05, 0.1) is 28.0 Å². The highest BCUT2D eigenvalue weighted by Gasteiger charge is 2.24. The van der Waals surface area contributed by atoms with Crippen molar-refractivity contribution >= 4 is 34.7 Å². The third-order valence-electron chi connectivity index (χ3n) is 3.10. The summed E-state index contributed by atoms with van der Waals surface area (Å²) in [5, 5.41) is 8.69. The maximum absolute atomic E-state index is 12.2. The Balaban J connectivity index is 1.80. The van der Waals surface area contributed by atoms with Crippen molar-refractivity contribution in [1.29, 1.82) is 0 Å². The molecule has 0 aliphatic carbocycles. The van der Waals surface area contributed by atoms with Gasteiger partial charge >= 0.3 is 0 Å². The number of rotatable bonds is 2. The van der Waals surface area contributed by atoms with Gasteiger partial charge in [-0.1, -0.05) is 23.7 Å². The van der Waals surface area contributed by atoms with E-state index in [2.05, 4.69) is 15.0 Å². The van der Waals surface area contributed by atoms with Crippen molar-refractivity contribution in [3.05, 3.63) is 45.9 Å². The number of hydrogen-bond acceptors (Lipinski definition) is 4. The molecule has 2 N–H and O–H groups in total. The minimum absolute atomic E-state index is 0.0497. The van der Waals surface area contributed by atoms with Gasteiger partial charge in [0.1, 0.15) is 0 Å². The lowest BCUT2D eigenvalue weighted by atomic mass is 10.0. The molecule has 2 heterocycles. The molecule has 0 spiro atoms. The maximum Gasteiger partial charge on any atom is 0.253 e. The van der Waals surface area contributed by atoms with E-state index >= 15 is 0 Å². The first-order chi connectivity index (χ1) is 9.25. The fourth-order valence-corrected chi connectivity index (χ4v) is 3.06. The van der Waals surface area contributed by atoms with Gasteiger partial charge in [-0.25, -0.2) is 0 Å². The number of anilines is 1. The van der Waals surface area contributed by atoms with E-state index in [1.54, 1.807) is 18.2 Å². The number of carbonyl (C=O) groups excluding carboxylic acids is 1. The first-order valence-corrected chi connectivity index (χ1v) is 7.20. The van der Waals surface area contributed by atoms with Crippen molar-refractivity contribution in [3.8, 4) is 0 Å². The fourth-order valence-electron chi connectivity index (χ4n) is 2.14. The number of benzene rings is 1. The molecular weight excluding hydrogens is 282 g/mol. The molecule has 6 heteroatoms. The Morgan fingerprint density at radius 3 is 3.16 bits per heavy atom. The second kappa shape index (κ2) is 5.19. The summed E-state index contributed by atoms with van der Waals surface area (Å²) >= 11 is 7.42. The van der Waals surface area contributed by atoms with Crippen LogP contribution in [0.1, 0.15) is 28.5 Å². The summed E-state index contributed by atoms with van der Waals surface area (Å²) in [5.74, 6) is -0.156. The van der Waals surface area contributed by atoms with Crippen LogP contribution in [0.25, 0.3) is 0 Å². The molecular formula is C13H12ClN3OS. The number of aromatic nitrogens is 1. The Hall–Kier alpha value is -1.59. The van der Waals surface area contributed by atoms with Gasteiger partial charge in [0.25, 0.3) is 5.91 Å². The molecule has 19 heavy (non-hydrogen) atoms. The van der Waals surface area contributed by atoms with E-state index in [0.717, 1.165) is 24.3 Å². The van der Waals surface area contributed by atoms with Crippen LogP contribution in [-0.2, 0) is 0 Å². The van der Waals surface area contributed by atoms with Gasteiger partial charge in [0.2, 0.25) is 0 Å². The third kappa shape index (κ3) is 2.43. The van der Waals surface area contributed by atoms with Crippen molar-refractivity contribution < 1.29 is 4.79 Å². The predicted molar refractivity (Wildman–Crippen MR) is 76.9 cm³/mol. The van der Waals surface area contributed by atoms with E-state index in [0.29, 0.717) is 10.6 Å². The molecule has 3 rings (SSSR count). The first kappa shape index (κ1) is 12.4. The molecule has 1 unspecified atom stereocenters. The van der Waals surface area contributed by atoms with Crippen LogP contribution in [0, 0.1) is 0 Å². The van der Waals surface area contributed by atoms with Gasteiger partial charge < -0.3 is 10.6 Å². The van der Waals surface area contributed by atoms with Gasteiger partial charge in [0, 0.05) is 11.9 Å². The number of carbonyl (C=O) groups is 1. The van der Waals surface area contributed by atoms with Crippen molar-refractivity contribution in [2.45, 2.75) is 12.5 Å². The maximum atomic E-state index is 12.2. The van der Waals surface area contributed by atoms with Crippen LogP contribution in [0.2, 0.25) is 5.02 Å². The summed E-state index contributed by atoms with van der Waals surface area (Å²) in [7, 11) is 0. The lowest BCUT2D eigenvalue weighted by Gasteiger charge is -2.23. The summed E-state index contributed by atoms with van der Waals surface area (Å²) in [4.78, 5) is 12.2. The molecule has 0 saturated carbocycles. The second-order valence-corrected chi connectivity index (χ2v) is 5.37. The molecule has 1 atom stereocenters. The molecule has 0 bridgehead atoms. The lowest BCUT2D eigenvalue weighted by molar-refractivity contribution is 0.0934. The topological polar surface area (TPSA) is 54.0 Å². The number of nitrogens with zero attached hydrogens (tertiary/aromatic N) is 1. The zero-order valence-electron chi connectivity index (χ0n) is 10.0. The average molecular weight is 294 g/mol. The minimum Gasteiger partial charge on any atom is -0.383 e. The number of hydrogen-bond donors (Lipinski definition) is 2. The predicted octanol–water partition coefficient (Wildman–Crippen LogP) is 3.08. The summed E-state index contributed by atoms with van der Waals surface area (Å²) in [6.45, 7) is 0.832. The van der Waals surface area contributed by atoms with Crippen LogP contribution in [0.5, 0.6) is 0 Å². The third-order valence-corrected chi connectivity index (χ3v) is 4.07. The summed E-state index contributed by atoms with van der Waals surface area (Å²) in [6, 6.07) is 7.00. The lowest BCUT2D eigenvalue weighted by Crippen LogP contribution is -2.33. The molecule has 0 fully saturated rings. The van der Waals surface area contributed by atoms with Crippen molar-refractivity contribution in [2.75, 3.05) is 11.9 Å². The van der Waals surface area contributed by atoms with Crippen LogP contribution in [-0.4, -0.2) is 16.8 Å². The van der Waals surface area contributed by atoms with Crippen molar-refractivity contribution in [2.24, 2.45) is 0 Å². The van der Waals surface area contributed by atoms with Gasteiger partial charge in [-0.15, -0.1) is 0 Å². The number of halogens is 1. The molecule has 2 aromatic rings. The number of nitrogens with one attached hydrogen (secondary N) is 2. The zero-order valence-corrected chi connectivity index (χ0v) is 11.6. The molecule has 1 aromatic carbocycles. The molecule has 0 saturated heterocycles. The fraction of sp³-hybridized carbons (Fsp3) is 0.231. The van der Waals surface area contributed by atoms with E-state index in [1.807, 2.05) is 11.4 Å². The molecule has 1 aliphatic heterocycles. The van der Waals surface area contributed by atoms with E-state index < -0.39 is 0 Å². The Labute approximate surface area is 120 Å². The van der Waals surface area contributed by atoms with Crippen LogP contribution in [0.3, 0.4) is 0 Å². The van der Waals surface area contributed by atoms with Crippen LogP contribution < -0.4 is 10.6 Å². The molecule has 98 valence electrons. The summed E-state index contributed by atoms with van der Waals surface area (Å²) < 4.78 is 4.34. The van der Waals surface area contributed by atoms with Gasteiger partial charge in [-0.05, 0) is 30.1 Å². The SMILES string of the molecule is O=C(NC1CCNc2csnc21)c1ccccc1Cl. The second-order valence-electron chi connectivity index (χ2n) is 4.33. The smallest absolute Gasteiger partial charge is 0.253 e. The van der Waals surface area contributed by atoms with Gasteiger partial charge in [-0.3, -0.25) is 4.79 Å². The normalized spacial score (nSPS) is 17.4. The highest BCUT2D eigenvalue weighted by molar-refractivity contribution is 7.04. The molecule has 1 aromatic heterocycles. The molecule has 0 radical (unpaired) electrons. The Morgan fingerprint density at radius 1 is 1.47 bits per heavy atom. The molecule has 4 nitrogen and oxygen atoms in total. The largest absolute Gasteiger partial charge is 0.383 e. The number of amides is 1. The van der Waals surface area contributed by atoms with Gasteiger partial charge in [-0.2, -0.15) is 4.37 Å².